The summed E-state index contributed by atoms with van der Waals surface area (Å²) in [7, 11) is -3.70. The van der Waals surface area contributed by atoms with Gasteiger partial charge in [0.25, 0.3) is 0 Å². The number of aryl methyl sites for hydroxylation is 3. The highest BCUT2D eigenvalue weighted by atomic mass is 32.2. The third-order valence-corrected chi connectivity index (χ3v) is 7.08. The molecule has 5 nitrogen and oxygen atoms in total. The fourth-order valence-corrected chi connectivity index (χ4v) is 5.13. The van der Waals surface area contributed by atoms with Crippen molar-refractivity contribution >= 4 is 21.6 Å². The molecule has 0 bridgehead atoms. The van der Waals surface area contributed by atoms with Crippen molar-refractivity contribution in [3.8, 4) is 0 Å². The van der Waals surface area contributed by atoms with Crippen LogP contribution >= 0.6 is 0 Å². The van der Waals surface area contributed by atoms with Crippen LogP contribution in [0, 0.1) is 20.8 Å². The standard InChI is InChI=1S/C27H32N2O3S/c1-6-25(29(33(5,31)32)24-17-14-20(3)21(4)18-24)27(30)28-26(22-10-8-7-9-11-22)23-15-12-19(2)13-16-23/h7-18,25-26H,6H2,1-5H3,(H,28,30)/t25-,26-/m0/s1. The highest BCUT2D eigenvalue weighted by molar-refractivity contribution is 7.92. The molecule has 0 unspecified atom stereocenters. The summed E-state index contributed by atoms with van der Waals surface area (Å²) in [6.45, 7) is 7.75. The number of hydrogen-bond donors (Lipinski definition) is 1. The molecule has 0 aromatic heterocycles. The molecule has 0 aliphatic rings. The normalized spacial score (nSPS) is 13.2. The lowest BCUT2D eigenvalue weighted by molar-refractivity contribution is -0.122. The molecule has 0 fully saturated rings. The van der Waals surface area contributed by atoms with Crippen LogP contribution in [-0.2, 0) is 14.8 Å². The lowest BCUT2D eigenvalue weighted by Crippen LogP contribution is -2.50. The van der Waals surface area contributed by atoms with E-state index in [4.69, 9.17) is 0 Å². The first-order chi connectivity index (χ1) is 15.6. The molecule has 33 heavy (non-hydrogen) atoms. The van der Waals surface area contributed by atoms with Crippen molar-refractivity contribution in [3.63, 3.8) is 0 Å². The number of anilines is 1. The van der Waals surface area contributed by atoms with Crippen molar-refractivity contribution in [1.29, 1.82) is 0 Å². The summed E-state index contributed by atoms with van der Waals surface area (Å²) >= 11 is 0. The minimum Gasteiger partial charge on any atom is -0.343 e. The van der Waals surface area contributed by atoms with Gasteiger partial charge in [0.15, 0.2) is 0 Å². The zero-order valence-corrected chi connectivity index (χ0v) is 20.7. The Morgan fingerprint density at radius 1 is 0.879 bits per heavy atom. The second kappa shape index (κ2) is 10.2. The Bertz CT molecular complexity index is 1210. The number of carbonyl (C=O) groups excluding carboxylic acids is 1. The largest absolute Gasteiger partial charge is 0.343 e. The first-order valence-corrected chi connectivity index (χ1v) is 12.9. The van der Waals surface area contributed by atoms with Gasteiger partial charge in [0.05, 0.1) is 18.0 Å². The van der Waals surface area contributed by atoms with Gasteiger partial charge in [-0.3, -0.25) is 9.10 Å². The first kappa shape index (κ1) is 24.5. The predicted octanol–water partition coefficient (Wildman–Crippen LogP) is 5.06. The minimum absolute atomic E-state index is 0.335. The molecule has 0 saturated heterocycles. The number of rotatable bonds is 8. The Kier molecular flexibility index (Phi) is 7.59. The molecule has 0 spiro atoms. The highest BCUT2D eigenvalue weighted by Crippen LogP contribution is 2.27. The summed E-state index contributed by atoms with van der Waals surface area (Å²) in [5, 5.41) is 3.12. The molecule has 0 radical (unpaired) electrons. The molecule has 174 valence electrons. The molecule has 2 atom stereocenters. The second-order valence-electron chi connectivity index (χ2n) is 8.51. The van der Waals surface area contributed by atoms with Crippen LogP contribution < -0.4 is 9.62 Å². The Morgan fingerprint density at radius 2 is 1.48 bits per heavy atom. The maximum Gasteiger partial charge on any atom is 0.244 e. The van der Waals surface area contributed by atoms with E-state index >= 15 is 0 Å². The Hall–Kier alpha value is -3.12. The minimum atomic E-state index is -3.70. The topological polar surface area (TPSA) is 66.5 Å². The van der Waals surface area contributed by atoms with E-state index in [1.54, 1.807) is 6.07 Å². The molecule has 3 aromatic carbocycles. The van der Waals surface area contributed by atoms with Gasteiger partial charge >= 0.3 is 0 Å². The monoisotopic (exact) mass is 464 g/mol. The zero-order chi connectivity index (χ0) is 24.2. The molecule has 0 aliphatic carbocycles. The summed E-state index contributed by atoms with van der Waals surface area (Å²) < 4.78 is 26.9. The van der Waals surface area contributed by atoms with Crippen LogP contribution in [0.15, 0.2) is 72.8 Å². The van der Waals surface area contributed by atoms with Crippen molar-refractivity contribution in [2.24, 2.45) is 0 Å². The maximum absolute atomic E-state index is 13.6. The fraction of sp³-hybridized carbons (Fsp3) is 0.296. The summed E-state index contributed by atoms with van der Waals surface area (Å²) in [6.07, 6.45) is 1.48. The van der Waals surface area contributed by atoms with Crippen molar-refractivity contribution in [2.75, 3.05) is 10.6 Å². The van der Waals surface area contributed by atoms with Crippen LogP contribution in [0.1, 0.15) is 47.2 Å². The number of carbonyl (C=O) groups is 1. The number of nitrogens with zero attached hydrogens (tertiary/aromatic N) is 1. The Balaban J connectivity index is 2.00. The average Bonchev–Trinajstić information content (AvgIpc) is 2.78. The third-order valence-electron chi connectivity index (χ3n) is 5.90. The zero-order valence-electron chi connectivity index (χ0n) is 19.9. The highest BCUT2D eigenvalue weighted by Gasteiger charge is 2.33. The van der Waals surface area contributed by atoms with E-state index in [2.05, 4.69) is 5.32 Å². The first-order valence-electron chi connectivity index (χ1n) is 11.1. The summed E-state index contributed by atoms with van der Waals surface area (Å²) in [4.78, 5) is 13.6. The maximum atomic E-state index is 13.6. The van der Waals surface area contributed by atoms with Crippen molar-refractivity contribution < 1.29 is 13.2 Å². The van der Waals surface area contributed by atoms with E-state index in [1.807, 2.05) is 94.4 Å². The Labute approximate surface area is 197 Å². The molecule has 1 amide bonds. The van der Waals surface area contributed by atoms with Crippen molar-refractivity contribution in [3.05, 3.63) is 101 Å². The van der Waals surface area contributed by atoms with Gasteiger partial charge in [0.2, 0.25) is 15.9 Å². The second-order valence-corrected chi connectivity index (χ2v) is 10.4. The number of nitrogens with one attached hydrogen (secondary N) is 1. The van der Waals surface area contributed by atoms with E-state index in [9.17, 15) is 13.2 Å². The summed E-state index contributed by atoms with van der Waals surface area (Å²) in [5.74, 6) is -0.337. The molecule has 0 aliphatic heterocycles. The van der Waals surface area contributed by atoms with Gasteiger partial charge in [-0.1, -0.05) is 73.2 Å². The molecular formula is C27H32N2O3S. The number of hydrogen-bond acceptors (Lipinski definition) is 3. The molecule has 3 aromatic rings. The van der Waals surface area contributed by atoms with Gasteiger partial charge in [-0.2, -0.15) is 0 Å². The number of benzene rings is 3. The van der Waals surface area contributed by atoms with Gasteiger partial charge < -0.3 is 5.32 Å². The van der Waals surface area contributed by atoms with Crippen LogP contribution in [0.5, 0.6) is 0 Å². The molecule has 0 heterocycles. The smallest absolute Gasteiger partial charge is 0.244 e. The van der Waals surface area contributed by atoms with Crippen LogP contribution in [0.25, 0.3) is 0 Å². The van der Waals surface area contributed by atoms with E-state index < -0.39 is 22.1 Å². The lowest BCUT2D eigenvalue weighted by Gasteiger charge is -2.32. The lowest BCUT2D eigenvalue weighted by atomic mass is 9.97. The van der Waals surface area contributed by atoms with E-state index in [1.165, 1.54) is 4.31 Å². The third kappa shape index (κ3) is 5.82. The van der Waals surface area contributed by atoms with Crippen molar-refractivity contribution in [1.82, 2.24) is 5.32 Å². The van der Waals surface area contributed by atoms with Crippen LogP contribution in [0.4, 0.5) is 5.69 Å². The van der Waals surface area contributed by atoms with E-state index in [0.29, 0.717) is 12.1 Å². The number of amides is 1. The quantitative estimate of drug-likeness (QED) is 0.507. The predicted molar refractivity (Wildman–Crippen MR) is 135 cm³/mol. The van der Waals surface area contributed by atoms with Crippen LogP contribution in [0.2, 0.25) is 0 Å². The number of sulfonamides is 1. The molecular weight excluding hydrogens is 432 g/mol. The SMILES string of the molecule is CC[C@@H](C(=O)N[C@@H](c1ccccc1)c1ccc(C)cc1)N(c1ccc(C)c(C)c1)S(C)(=O)=O. The fourth-order valence-electron chi connectivity index (χ4n) is 3.92. The van der Waals surface area contributed by atoms with Gasteiger partial charge in [-0.15, -0.1) is 0 Å². The van der Waals surface area contributed by atoms with Gasteiger partial charge in [0.1, 0.15) is 6.04 Å². The van der Waals surface area contributed by atoms with Gasteiger partial charge in [-0.25, -0.2) is 8.42 Å². The van der Waals surface area contributed by atoms with Gasteiger partial charge in [-0.05, 0) is 61.6 Å². The summed E-state index contributed by atoms with van der Waals surface area (Å²) in [6, 6.07) is 21.9. The molecule has 1 N–H and O–H groups in total. The summed E-state index contributed by atoms with van der Waals surface area (Å²) in [5.41, 5.74) is 5.52. The molecule has 3 rings (SSSR count). The van der Waals surface area contributed by atoms with Crippen LogP contribution in [-0.4, -0.2) is 26.6 Å². The van der Waals surface area contributed by atoms with E-state index in [-0.39, 0.29) is 5.91 Å². The van der Waals surface area contributed by atoms with E-state index in [0.717, 1.165) is 34.1 Å². The molecule has 0 saturated carbocycles. The average molecular weight is 465 g/mol. The van der Waals surface area contributed by atoms with Gasteiger partial charge in [0, 0.05) is 0 Å². The Morgan fingerprint density at radius 3 is 2.03 bits per heavy atom. The van der Waals surface area contributed by atoms with Crippen LogP contribution in [0.3, 0.4) is 0 Å². The molecule has 6 heteroatoms. The van der Waals surface area contributed by atoms with Crippen molar-refractivity contribution in [2.45, 2.75) is 46.2 Å².